The summed E-state index contributed by atoms with van der Waals surface area (Å²) < 4.78 is 0. The summed E-state index contributed by atoms with van der Waals surface area (Å²) in [7, 11) is 0. The van der Waals surface area contributed by atoms with Gasteiger partial charge in [0, 0.05) is 17.1 Å². The largest absolute Gasteiger partial charge is 0.255 e. The third kappa shape index (κ3) is 2.01. The number of rotatable bonds is 1. The van der Waals surface area contributed by atoms with Gasteiger partial charge in [0.25, 0.3) is 0 Å². The van der Waals surface area contributed by atoms with E-state index in [1.54, 1.807) is 0 Å². The molecule has 0 bridgehead atoms. The van der Waals surface area contributed by atoms with Crippen molar-refractivity contribution in [3.63, 3.8) is 0 Å². The molecule has 0 fully saturated rings. The molecule has 0 aliphatic heterocycles. The lowest BCUT2D eigenvalue weighted by Gasteiger charge is -2.11. The Bertz CT molecular complexity index is 757. The van der Waals surface area contributed by atoms with E-state index in [9.17, 15) is 0 Å². The first-order valence-electron chi connectivity index (χ1n) is 6.59. The smallest absolute Gasteiger partial charge is 0.0740 e. The molecule has 3 rings (SSSR count). The van der Waals surface area contributed by atoms with Crippen LogP contribution in [0.5, 0.6) is 0 Å². The lowest BCUT2D eigenvalue weighted by Crippen LogP contribution is -1.93. The first-order chi connectivity index (χ1) is 9.16. The molecule has 1 heterocycles. The first kappa shape index (κ1) is 11.9. The molecule has 94 valence electrons. The lowest BCUT2D eigenvalue weighted by atomic mass is 9.97. The first-order valence-corrected chi connectivity index (χ1v) is 6.59. The van der Waals surface area contributed by atoms with E-state index >= 15 is 0 Å². The van der Waals surface area contributed by atoms with Crippen LogP contribution >= 0.6 is 0 Å². The van der Waals surface area contributed by atoms with E-state index < -0.39 is 0 Å². The van der Waals surface area contributed by atoms with Crippen LogP contribution in [0.2, 0.25) is 0 Å². The topological polar surface area (TPSA) is 12.9 Å². The Morgan fingerprint density at radius 2 is 1.68 bits per heavy atom. The highest BCUT2D eigenvalue weighted by Gasteiger charge is 2.09. The Morgan fingerprint density at radius 1 is 0.895 bits per heavy atom. The molecular weight excluding hydrogens is 230 g/mol. The number of hydrogen-bond acceptors (Lipinski definition) is 1. The van der Waals surface area contributed by atoms with E-state index in [0.29, 0.717) is 0 Å². The van der Waals surface area contributed by atoms with Gasteiger partial charge in [-0.1, -0.05) is 48.0 Å². The minimum Gasteiger partial charge on any atom is -0.255 e. The highest BCUT2D eigenvalue weighted by Crippen LogP contribution is 2.29. The molecule has 0 saturated carbocycles. The molecule has 0 radical (unpaired) electrons. The number of hydrogen-bond donors (Lipinski definition) is 0. The van der Waals surface area contributed by atoms with Crippen LogP contribution in [0.15, 0.2) is 48.7 Å². The van der Waals surface area contributed by atoms with E-state index in [4.69, 9.17) is 0 Å². The van der Waals surface area contributed by atoms with Gasteiger partial charge in [0.05, 0.1) is 5.69 Å². The number of pyridine rings is 1. The Labute approximate surface area is 113 Å². The van der Waals surface area contributed by atoms with Gasteiger partial charge >= 0.3 is 0 Å². The predicted molar refractivity (Wildman–Crippen MR) is 81.4 cm³/mol. The van der Waals surface area contributed by atoms with Crippen LogP contribution in [0.1, 0.15) is 16.7 Å². The van der Waals surface area contributed by atoms with Gasteiger partial charge in [-0.15, -0.1) is 0 Å². The van der Waals surface area contributed by atoms with Gasteiger partial charge in [0.1, 0.15) is 0 Å². The fraction of sp³-hybridized carbons (Fsp3) is 0.167. The lowest BCUT2D eigenvalue weighted by molar-refractivity contribution is 1.28. The number of fused-ring (bicyclic) bond motifs is 1. The monoisotopic (exact) mass is 247 g/mol. The molecule has 0 amide bonds. The normalized spacial score (nSPS) is 10.9. The summed E-state index contributed by atoms with van der Waals surface area (Å²) in [4.78, 5) is 4.67. The summed E-state index contributed by atoms with van der Waals surface area (Å²) in [6.07, 6.45) is 1.97. The molecule has 0 saturated heterocycles. The third-order valence-electron chi connectivity index (χ3n) is 3.69. The quantitative estimate of drug-likeness (QED) is 0.600. The standard InChI is InChI=1S/C18H17N/c1-12-8-9-16(13(2)10-12)18-14(3)17-7-5-4-6-15(17)11-19-18/h4-11H,1-3H3. The Morgan fingerprint density at radius 3 is 2.47 bits per heavy atom. The average Bonchev–Trinajstić information content (AvgIpc) is 2.41. The van der Waals surface area contributed by atoms with Gasteiger partial charge in [-0.05, 0) is 37.3 Å². The molecular formula is C18H17N. The zero-order chi connectivity index (χ0) is 13.4. The minimum atomic E-state index is 1.09. The van der Waals surface area contributed by atoms with Gasteiger partial charge in [0.15, 0.2) is 0 Å². The maximum Gasteiger partial charge on any atom is 0.0740 e. The van der Waals surface area contributed by atoms with E-state index in [1.165, 1.54) is 33.0 Å². The molecule has 0 aliphatic rings. The van der Waals surface area contributed by atoms with Crippen molar-refractivity contribution in [3.05, 3.63) is 65.4 Å². The molecule has 0 unspecified atom stereocenters. The maximum absolute atomic E-state index is 4.67. The van der Waals surface area contributed by atoms with Gasteiger partial charge < -0.3 is 0 Å². The highest BCUT2D eigenvalue weighted by molar-refractivity contribution is 5.89. The van der Waals surface area contributed by atoms with Crippen molar-refractivity contribution in [3.8, 4) is 11.3 Å². The zero-order valence-electron chi connectivity index (χ0n) is 11.6. The van der Waals surface area contributed by atoms with E-state index in [-0.39, 0.29) is 0 Å². The fourth-order valence-corrected chi connectivity index (χ4v) is 2.66. The second-order valence-corrected chi connectivity index (χ2v) is 5.14. The molecule has 0 atom stereocenters. The van der Waals surface area contributed by atoms with E-state index in [0.717, 1.165) is 5.69 Å². The molecule has 1 aromatic heterocycles. The average molecular weight is 247 g/mol. The maximum atomic E-state index is 4.67. The van der Waals surface area contributed by atoms with Crippen molar-refractivity contribution in [1.82, 2.24) is 4.98 Å². The molecule has 1 heteroatoms. The molecule has 19 heavy (non-hydrogen) atoms. The highest BCUT2D eigenvalue weighted by atomic mass is 14.7. The molecule has 0 aliphatic carbocycles. The van der Waals surface area contributed by atoms with E-state index in [2.05, 4.69) is 68.2 Å². The fourth-order valence-electron chi connectivity index (χ4n) is 2.66. The van der Waals surface area contributed by atoms with Crippen molar-refractivity contribution in [2.75, 3.05) is 0 Å². The second-order valence-electron chi connectivity index (χ2n) is 5.14. The van der Waals surface area contributed by atoms with Gasteiger partial charge in [-0.2, -0.15) is 0 Å². The summed E-state index contributed by atoms with van der Waals surface area (Å²) in [5.41, 5.74) is 6.15. The number of nitrogens with zero attached hydrogens (tertiary/aromatic N) is 1. The van der Waals surface area contributed by atoms with Gasteiger partial charge in [-0.3, -0.25) is 4.98 Å². The summed E-state index contributed by atoms with van der Waals surface area (Å²) >= 11 is 0. The summed E-state index contributed by atoms with van der Waals surface area (Å²) in [5.74, 6) is 0. The van der Waals surface area contributed by atoms with Crippen molar-refractivity contribution < 1.29 is 0 Å². The van der Waals surface area contributed by atoms with Crippen molar-refractivity contribution >= 4 is 10.8 Å². The number of benzene rings is 2. The van der Waals surface area contributed by atoms with Crippen LogP contribution in [0.4, 0.5) is 0 Å². The van der Waals surface area contributed by atoms with Crippen LogP contribution in [0, 0.1) is 20.8 Å². The van der Waals surface area contributed by atoms with Crippen LogP contribution in [0.3, 0.4) is 0 Å². The summed E-state index contributed by atoms with van der Waals surface area (Å²) in [5, 5.41) is 2.49. The zero-order valence-corrected chi connectivity index (χ0v) is 11.6. The number of aryl methyl sites for hydroxylation is 3. The molecule has 3 aromatic rings. The van der Waals surface area contributed by atoms with Crippen LogP contribution < -0.4 is 0 Å². The Hall–Kier alpha value is -2.15. The summed E-state index contributed by atoms with van der Waals surface area (Å²) in [6, 6.07) is 15.0. The molecule has 0 N–H and O–H groups in total. The van der Waals surface area contributed by atoms with Crippen molar-refractivity contribution in [2.45, 2.75) is 20.8 Å². The van der Waals surface area contributed by atoms with Crippen LogP contribution in [0.25, 0.3) is 22.0 Å². The van der Waals surface area contributed by atoms with Crippen molar-refractivity contribution in [2.24, 2.45) is 0 Å². The molecule has 2 aromatic carbocycles. The Kier molecular flexibility index (Phi) is 2.83. The van der Waals surface area contributed by atoms with E-state index in [1.807, 2.05) is 6.20 Å². The predicted octanol–water partition coefficient (Wildman–Crippen LogP) is 4.83. The third-order valence-corrected chi connectivity index (χ3v) is 3.69. The van der Waals surface area contributed by atoms with Crippen molar-refractivity contribution in [1.29, 1.82) is 0 Å². The van der Waals surface area contributed by atoms with Crippen LogP contribution in [-0.4, -0.2) is 4.98 Å². The second kappa shape index (κ2) is 4.51. The molecule has 1 nitrogen and oxygen atoms in total. The van der Waals surface area contributed by atoms with Gasteiger partial charge in [-0.25, -0.2) is 0 Å². The molecule has 0 spiro atoms. The van der Waals surface area contributed by atoms with Gasteiger partial charge in [0.2, 0.25) is 0 Å². The SMILES string of the molecule is Cc1ccc(-c2ncc3ccccc3c2C)c(C)c1. The number of aromatic nitrogens is 1. The Balaban J connectivity index is 2.28. The van der Waals surface area contributed by atoms with Crippen LogP contribution in [-0.2, 0) is 0 Å². The minimum absolute atomic E-state index is 1.09. The summed E-state index contributed by atoms with van der Waals surface area (Å²) in [6.45, 7) is 6.43.